The van der Waals surface area contributed by atoms with Gasteiger partial charge in [-0.3, -0.25) is 14.6 Å². The van der Waals surface area contributed by atoms with Gasteiger partial charge in [0.1, 0.15) is 11.5 Å². The van der Waals surface area contributed by atoms with E-state index in [1.807, 2.05) is 60.8 Å². The molecule has 0 saturated heterocycles. The van der Waals surface area contributed by atoms with E-state index in [1.165, 1.54) is 0 Å². The first kappa shape index (κ1) is 21.3. The Morgan fingerprint density at radius 3 is 2.76 bits per heavy atom. The predicted octanol–water partition coefficient (Wildman–Crippen LogP) is 4.70. The summed E-state index contributed by atoms with van der Waals surface area (Å²) in [5.74, 6) is 0.390. The molecular formula is C25H25N5O2S. The molecular weight excluding hydrogens is 434 g/mol. The highest BCUT2D eigenvalue weighted by molar-refractivity contribution is 7.13. The first-order valence-corrected chi connectivity index (χ1v) is 12.1. The zero-order valence-electron chi connectivity index (χ0n) is 18.4. The molecule has 168 valence electrons. The van der Waals surface area contributed by atoms with E-state index in [9.17, 15) is 9.59 Å². The van der Waals surface area contributed by atoms with Crippen molar-refractivity contribution in [3.63, 3.8) is 0 Å². The van der Waals surface area contributed by atoms with Crippen molar-refractivity contribution in [3.8, 4) is 16.5 Å². The van der Waals surface area contributed by atoms with E-state index in [1.54, 1.807) is 16.0 Å². The number of H-pyrrole nitrogens is 1. The van der Waals surface area contributed by atoms with Crippen molar-refractivity contribution in [1.29, 1.82) is 0 Å². The Hall–Kier alpha value is -3.52. The minimum absolute atomic E-state index is 0.122. The number of nitrogens with one attached hydrogen (secondary N) is 2. The lowest BCUT2D eigenvalue weighted by Crippen LogP contribution is -2.26. The largest absolute Gasteiger partial charge is 0.310 e. The minimum Gasteiger partial charge on any atom is -0.310 e. The van der Waals surface area contributed by atoms with Crippen LogP contribution in [-0.2, 0) is 17.6 Å². The van der Waals surface area contributed by atoms with Crippen molar-refractivity contribution in [1.82, 2.24) is 19.7 Å². The van der Waals surface area contributed by atoms with E-state index < -0.39 is 0 Å². The number of amides is 1. The van der Waals surface area contributed by atoms with E-state index in [4.69, 9.17) is 10.1 Å². The van der Waals surface area contributed by atoms with Crippen LogP contribution in [0.2, 0.25) is 0 Å². The molecule has 1 unspecified atom stereocenters. The Labute approximate surface area is 195 Å². The van der Waals surface area contributed by atoms with E-state index >= 15 is 0 Å². The number of aromatic amines is 1. The Balaban J connectivity index is 1.55. The number of carbonyl (C=O) groups is 1. The van der Waals surface area contributed by atoms with Crippen LogP contribution in [0.25, 0.3) is 16.5 Å². The van der Waals surface area contributed by atoms with Crippen LogP contribution in [0.5, 0.6) is 0 Å². The highest BCUT2D eigenvalue weighted by Crippen LogP contribution is 2.29. The second kappa shape index (κ2) is 9.15. The van der Waals surface area contributed by atoms with E-state index in [-0.39, 0.29) is 17.4 Å². The predicted molar refractivity (Wildman–Crippen MR) is 130 cm³/mol. The van der Waals surface area contributed by atoms with Gasteiger partial charge >= 0.3 is 0 Å². The molecule has 4 aromatic rings. The third-order valence-electron chi connectivity index (χ3n) is 6.04. The number of fused-ring (bicyclic) bond motifs is 1. The summed E-state index contributed by atoms with van der Waals surface area (Å²) in [6.45, 7) is 1.99. The fraction of sp³-hybridized carbons (Fsp3) is 0.280. The van der Waals surface area contributed by atoms with Gasteiger partial charge in [-0.1, -0.05) is 43.3 Å². The van der Waals surface area contributed by atoms with Crippen LogP contribution < -0.4 is 10.9 Å². The molecule has 7 nitrogen and oxygen atoms in total. The molecule has 3 aromatic heterocycles. The number of nitrogens with zero attached hydrogens (tertiary/aromatic N) is 3. The molecule has 1 amide bonds. The minimum atomic E-state index is -0.296. The number of anilines is 1. The van der Waals surface area contributed by atoms with Gasteiger partial charge in [-0.25, -0.2) is 4.98 Å². The number of carbonyl (C=O) groups excluding carboxylic acids is 1. The number of thiophene rings is 1. The van der Waals surface area contributed by atoms with Crippen molar-refractivity contribution < 1.29 is 4.79 Å². The van der Waals surface area contributed by atoms with Gasteiger partial charge in [0.25, 0.3) is 5.56 Å². The number of hydrogen-bond acceptors (Lipinski definition) is 5. The highest BCUT2D eigenvalue weighted by atomic mass is 32.1. The first-order chi connectivity index (χ1) is 16.1. The maximum atomic E-state index is 13.3. The van der Waals surface area contributed by atoms with Gasteiger partial charge in [-0.15, -0.1) is 11.3 Å². The van der Waals surface area contributed by atoms with Crippen molar-refractivity contribution in [2.24, 2.45) is 0 Å². The number of aromatic nitrogens is 4. The van der Waals surface area contributed by atoms with E-state index in [0.29, 0.717) is 23.9 Å². The quantitative estimate of drug-likeness (QED) is 0.437. The lowest BCUT2D eigenvalue weighted by atomic mass is 9.96. The lowest BCUT2D eigenvalue weighted by molar-refractivity contribution is -0.117. The molecule has 1 aliphatic rings. The number of hydrogen-bond donors (Lipinski definition) is 2. The zero-order chi connectivity index (χ0) is 22.8. The fourth-order valence-electron chi connectivity index (χ4n) is 4.34. The molecule has 1 atom stereocenters. The van der Waals surface area contributed by atoms with Crippen LogP contribution in [0.4, 0.5) is 5.82 Å². The van der Waals surface area contributed by atoms with E-state index in [2.05, 4.69) is 10.3 Å². The summed E-state index contributed by atoms with van der Waals surface area (Å²) in [5.41, 5.74) is 3.13. The highest BCUT2D eigenvalue weighted by Gasteiger charge is 2.23. The number of aryl methyl sites for hydroxylation is 1. The van der Waals surface area contributed by atoms with Crippen LogP contribution in [0, 0.1) is 0 Å². The van der Waals surface area contributed by atoms with Crippen LogP contribution >= 0.6 is 11.3 Å². The average molecular weight is 460 g/mol. The summed E-state index contributed by atoms with van der Waals surface area (Å²) in [6.07, 6.45) is 4.20. The topological polar surface area (TPSA) is 92.7 Å². The van der Waals surface area contributed by atoms with Gasteiger partial charge in [-0.05, 0) is 49.1 Å². The molecule has 0 saturated carbocycles. The van der Waals surface area contributed by atoms with Crippen molar-refractivity contribution >= 4 is 23.1 Å². The molecule has 1 aromatic carbocycles. The smallest absolute Gasteiger partial charge is 0.255 e. The summed E-state index contributed by atoms with van der Waals surface area (Å²) < 4.78 is 1.54. The molecule has 0 radical (unpaired) electrons. The third kappa shape index (κ3) is 4.26. The maximum Gasteiger partial charge on any atom is 0.255 e. The zero-order valence-corrected chi connectivity index (χ0v) is 19.2. The molecule has 0 spiro atoms. The standard InChI is InChI=1S/C25H25N5O2S/c1-2-17(16-9-4-3-5-10-16)23(31)27-22-15-20(21-13-8-14-33-21)29-30(22)25-26-19-12-7-6-11-18(19)24(32)28-25/h3-5,8-10,13-15,17H,2,6-7,11-12H2,1H3,(H,27,31)(H,26,28,32). The van der Waals surface area contributed by atoms with Crippen molar-refractivity contribution in [3.05, 3.63) is 81.1 Å². The summed E-state index contributed by atoms with van der Waals surface area (Å²) in [4.78, 5) is 34.6. The second-order valence-corrected chi connectivity index (χ2v) is 9.13. The fourth-order valence-corrected chi connectivity index (χ4v) is 5.02. The van der Waals surface area contributed by atoms with E-state index in [0.717, 1.165) is 47.4 Å². The summed E-state index contributed by atoms with van der Waals surface area (Å²) in [7, 11) is 0. The molecule has 5 rings (SSSR count). The average Bonchev–Trinajstić information content (AvgIpc) is 3.51. The Morgan fingerprint density at radius 2 is 2.00 bits per heavy atom. The Morgan fingerprint density at radius 1 is 1.18 bits per heavy atom. The summed E-state index contributed by atoms with van der Waals surface area (Å²) in [6, 6.07) is 15.5. The van der Waals surface area contributed by atoms with Crippen LogP contribution in [-0.4, -0.2) is 25.7 Å². The van der Waals surface area contributed by atoms with Gasteiger partial charge in [0.15, 0.2) is 0 Å². The first-order valence-electron chi connectivity index (χ1n) is 11.3. The molecule has 0 fully saturated rings. The molecule has 2 N–H and O–H groups in total. The van der Waals surface area contributed by atoms with Crippen molar-refractivity contribution in [2.45, 2.75) is 44.9 Å². The number of rotatable bonds is 6. The normalized spacial score (nSPS) is 14.0. The summed E-state index contributed by atoms with van der Waals surface area (Å²) in [5, 5.41) is 9.73. The molecule has 0 aliphatic heterocycles. The Kier molecular flexibility index (Phi) is 5.92. The van der Waals surface area contributed by atoms with Gasteiger partial charge in [0.05, 0.1) is 16.5 Å². The summed E-state index contributed by atoms with van der Waals surface area (Å²) >= 11 is 1.56. The molecule has 1 aliphatic carbocycles. The maximum absolute atomic E-state index is 13.3. The van der Waals surface area contributed by atoms with Crippen LogP contribution in [0.3, 0.4) is 0 Å². The SMILES string of the molecule is CCC(C(=O)Nc1cc(-c2cccs2)nn1-c1nc2c(c(=O)[nH]1)CCCC2)c1ccccc1. The third-order valence-corrected chi connectivity index (χ3v) is 6.93. The van der Waals surface area contributed by atoms with Crippen molar-refractivity contribution in [2.75, 3.05) is 5.32 Å². The van der Waals surface area contributed by atoms with Gasteiger partial charge in [-0.2, -0.15) is 9.78 Å². The van der Waals surface area contributed by atoms with Crippen LogP contribution in [0.1, 0.15) is 48.9 Å². The molecule has 3 heterocycles. The van der Waals surface area contributed by atoms with Gasteiger partial charge in [0, 0.05) is 11.6 Å². The monoisotopic (exact) mass is 459 g/mol. The Bertz CT molecular complexity index is 1320. The van der Waals surface area contributed by atoms with Gasteiger partial charge in [0.2, 0.25) is 11.9 Å². The van der Waals surface area contributed by atoms with Crippen LogP contribution in [0.15, 0.2) is 58.7 Å². The molecule has 33 heavy (non-hydrogen) atoms. The molecule has 8 heteroatoms. The lowest BCUT2D eigenvalue weighted by Gasteiger charge is -2.17. The molecule has 0 bridgehead atoms. The van der Waals surface area contributed by atoms with Gasteiger partial charge < -0.3 is 5.32 Å². The number of benzene rings is 1. The second-order valence-electron chi connectivity index (χ2n) is 8.19.